The first-order chi connectivity index (χ1) is 14.0. The number of hydrogen-bond acceptors (Lipinski definition) is 5. The van der Waals surface area contributed by atoms with Gasteiger partial charge >= 0.3 is 5.97 Å². The van der Waals surface area contributed by atoms with Crippen molar-refractivity contribution in [1.82, 2.24) is 4.98 Å². The van der Waals surface area contributed by atoms with Crippen molar-refractivity contribution in [2.24, 2.45) is 0 Å². The van der Waals surface area contributed by atoms with Crippen LogP contribution in [-0.2, 0) is 28.1 Å². The van der Waals surface area contributed by atoms with Crippen molar-refractivity contribution >= 4 is 5.97 Å². The molecule has 0 radical (unpaired) electrons. The van der Waals surface area contributed by atoms with Crippen molar-refractivity contribution in [3.63, 3.8) is 0 Å². The minimum absolute atomic E-state index is 0.124. The fourth-order valence-corrected chi connectivity index (χ4v) is 3.24. The molecule has 2 aromatic rings. The van der Waals surface area contributed by atoms with E-state index in [2.05, 4.69) is 25.8 Å². The summed E-state index contributed by atoms with van der Waals surface area (Å²) in [6.45, 7) is 9.70. The number of carbonyl (C=O) groups excluding carboxylic acids is 1. The maximum Gasteiger partial charge on any atom is 0.357 e. The molecule has 2 rings (SSSR count). The second-order valence-corrected chi connectivity index (χ2v) is 7.42. The zero-order valence-corrected chi connectivity index (χ0v) is 18.3. The first kappa shape index (κ1) is 22.9. The second kappa shape index (κ2) is 11.0. The van der Waals surface area contributed by atoms with Crippen molar-refractivity contribution in [1.29, 1.82) is 0 Å². The summed E-state index contributed by atoms with van der Waals surface area (Å²) in [7, 11) is 1.57. The highest BCUT2D eigenvalue weighted by Crippen LogP contribution is 2.37. The van der Waals surface area contributed by atoms with Crippen LogP contribution in [0.25, 0.3) is 0 Å². The van der Waals surface area contributed by atoms with Gasteiger partial charge < -0.3 is 14.2 Å². The minimum Gasteiger partial charge on any atom is -0.481 e. The SMILES string of the molecule is CCCOC(=O)c1cc(C(C)(CC)CC)c(COCc2ccccc2)c(OC)n1. The molecule has 5 nitrogen and oxygen atoms in total. The first-order valence-electron chi connectivity index (χ1n) is 10.4. The molecule has 0 fully saturated rings. The summed E-state index contributed by atoms with van der Waals surface area (Å²) in [6, 6.07) is 11.9. The lowest BCUT2D eigenvalue weighted by molar-refractivity contribution is 0.0496. The first-order valence-corrected chi connectivity index (χ1v) is 10.4. The van der Waals surface area contributed by atoms with Crippen molar-refractivity contribution in [2.75, 3.05) is 13.7 Å². The largest absolute Gasteiger partial charge is 0.481 e. The van der Waals surface area contributed by atoms with Gasteiger partial charge in [0.25, 0.3) is 0 Å². The number of methoxy groups -OCH3 is 1. The summed E-state index contributed by atoms with van der Waals surface area (Å²) < 4.78 is 16.9. The Kier molecular flexibility index (Phi) is 8.65. The van der Waals surface area contributed by atoms with E-state index < -0.39 is 5.97 Å². The number of rotatable bonds is 11. The molecule has 0 bridgehead atoms. The Hall–Kier alpha value is -2.40. The Balaban J connectivity index is 2.39. The lowest BCUT2D eigenvalue weighted by Gasteiger charge is -2.30. The quantitative estimate of drug-likeness (QED) is 0.470. The van der Waals surface area contributed by atoms with Crippen molar-refractivity contribution < 1.29 is 19.0 Å². The van der Waals surface area contributed by atoms with E-state index in [4.69, 9.17) is 14.2 Å². The minimum atomic E-state index is -0.419. The molecule has 0 aliphatic heterocycles. The lowest BCUT2D eigenvalue weighted by atomic mass is 9.76. The van der Waals surface area contributed by atoms with Crippen LogP contribution in [0, 0.1) is 0 Å². The summed E-state index contributed by atoms with van der Waals surface area (Å²) in [5, 5.41) is 0. The van der Waals surface area contributed by atoms with E-state index in [-0.39, 0.29) is 11.1 Å². The molecule has 0 aliphatic carbocycles. The van der Waals surface area contributed by atoms with Gasteiger partial charge in [0.05, 0.1) is 26.9 Å². The molecular weight excluding hydrogens is 366 g/mol. The van der Waals surface area contributed by atoms with E-state index in [9.17, 15) is 4.79 Å². The average molecular weight is 400 g/mol. The van der Waals surface area contributed by atoms with Crippen LogP contribution in [0.4, 0.5) is 0 Å². The highest BCUT2D eigenvalue weighted by atomic mass is 16.5. The van der Waals surface area contributed by atoms with Gasteiger partial charge in [-0.3, -0.25) is 0 Å². The summed E-state index contributed by atoms with van der Waals surface area (Å²) in [5.74, 6) is 0.00449. The molecule has 1 aromatic heterocycles. The third-order valence-corrected chi connectivity index (χ3v) is 5.49. The summed E-state index contributed by atoms with van der Waals surface area (Å²) >= 11 is 0. The van der Waals surface area contributed by atoms with Crippen LogP contribution in [0.2, 0.25) is 0 Å². The molecule has 0 N–H and O–H groups in total. The van der Waals surface area contributed by atoms with Gasteiger partial charge in [-0.25, -0.2) is 9.78 Å². The molecule has 0 spiro atoms. The number of hydrogen-bond donors (Lipinski definition) is 0. The van der Waals surface area contributed by atoms with E-state index >= 15 is 0 Å². The van der Waals surface area contributed by atoms with Crippen LogP contribution in [0.3, 0.4) is 0 Å². The van der Waals surface area contributed by atoms with Gasteiger partial charge in [0.15, 0.2) is 5.69 Å². The number of aromatic nitrogens is 1. The van der Waals surface area contributed by atoms with Crippen LogP contribution in [0.15, 0.2) is 36.4 Å². The van der Waals surface area contributed by atoms with Crippen LogP contribution in [0.5, 0.6) is 5.88 Å². The molecule has 1 heterocycles. The van der Waals surface area contributed by atoms with Crippen LogP contribution >= 0.6 is 0 Å². The fraction of sp³-hybridized carbons (Fsp3) is 0.500. The van der Waals surface area contributed by atoms with Crippen LogP contribution in [-0.4, -0.2) is 24.7 Å². The highest BCUT2D eigenvalue weighted by Gasteiger charge is 2.30. The van der Waals surface area contributed by atoms with Crippen LogP contribution in [0.1, 0.15) is 74.1 Å². The van der Waals surface area contributed by atoms with Gasteiger partial charge in [0.1, 0.15) is 0 Å². The third kappa shape index (κ3) is 5.80. The average Bonchev–Trinajstić information content (AvgIpc) is 2.77. The number of pyridine rings is 1. The van der Waals surface area contributed by atoms with Gasteiger partial charge in [-0.05, 0) is 41.9 Å². The van der Waals surface area contributed by atoms with E-state index in [0.717, 1.165) is 36.0 Å². The molecule has 0 amide bonds. The Morgan fingerprint density at radius 3 is 2.34 bits per heavy atom. The Morgan fingerprint density at radius 1 is 1.07 bits per heavy atom. The Bertz CT molecular complexity index is 785. The summed E-state index contributed by atoms with van der Waals surface area (Å²) in [5.41, 5.74) is 3.19. The molecular formula is C24H33NO4. The smallest absolute Gasteiger partial charge is 0.357 e. The topological polar surface area (TPSA) is 57.7 Å². The fourth-order valence-electron chi connectivity index (χ4n) is 3.24. The normalized spacial score (nSPS) is 11.3. The predicted molar refractivity (Wildman–Crippen MR) is 114 cm³/mol. The van der Waals surface area contributed by atoms with E-state index in [1.807, 2.05) is 43.3 Å². The highest BCUT2D eigenvalue weighted by molar-refractivity contribution is 5.88. The molecule has 0 saturated carbocycles. The van der Waals surface area contributed by atoms with Crippen molar-refractivity contribution in [3.05, 3.63) is 58.8 Å². The zero-order chi connectivity index (χ0) is 21.3. The molecule has 29 heavy (non-hydrogen) atoms. The molecule has 158 valence electrons. The maximum absolute atomic E-state index is 12.5. The van der Waals surface area contributed by atoms with Gasteiger partial charge in [0.2, 0.25) is 5.88 Å². The molecule has 0 aliphatic rings. The van der Waals surface area contributed by atoms with Crippen molar-refractivity contribution in [3.8, 4) is 5.88 Å². The van der Waals surface area contributed by atoms with Gasteiger partial charge in [-0.1, -0.05) is 58.0 Å². The monoisotopic (exact) mass is 399 g/mol. The summed E-state index contributed by atoms with van der Waals surface area (Å²) in [4.78, 5) is 16.9. The van der Waals surface area contributed by atoms with Crippen molar-refractivity contribution in [2.45, 2.75) is 65.6 Å². The standard InChI is InChI=1S/C24H33NO4/c1-6-14-29-23(26)21-15-20(24(4,7-2)8-3)19(22(25-21)27-5)17-28-16-18-12-10-9-11-13-18/h9-13,15H,6-8,14,16-17H2,1-5H3. The molecule has 5 heteroatoms. The van der Waals surface area contributed by atoms with E-state index in [1.54, 1.807) is 7.11 Å². The number of carbonyl (C=O) groups is 1. The van der Waals surface area contributed by atoms with E-state index in [0.29, 0.717) is 25.7 Å². The van der Waals surface area contributed by atoms with Gasteiger partial charge in [0, 0.05) is 5.56 Å². The lowest BCUT2D eigenvalue weighted by Crippen LogP contribution is -2.24. The Labute approximate surface area is 174 Å². The third-order valence-electron chi connectivity index (χ3n) is 5.49. The second-order valence-electron chi connectivity index (χ2n) is 7.42. The number of nitrogens with zero attached hydrogens (tertiary/aromatic N) is 1. The number of ether oxygens (including phenoxy) is 3. The number of benzene rings is 1. The van der Waals surface area contributed by atoms with Gasteiger partial charge in [-0.2, -0.15) is 0 Å². The van der Waals surface area contributed by atoms with Gasteiger partial charge in [-0.15, -0.1) is 0 Å². The summed E-state index contributed by atoms with van der Waals surface area (Å²) in [6.07, 6.45) is 2.61. The Morgan fingerprint density at radius 2 is 1.76 bits per heavy atom. The zero-order valence-electron chi connectivity index (χ0n) is 18.3. The van der Waals surface area contributed by atoms with Crippen LogP contribution < -0.4 is 4.74 Å². The molecule has 0 saturated heterocycles. The molecule has 0 atom stereocenters. The molecule has 0 unspecified atom stereocenters. The number of esters is 1. The molecule has 1 aromatic carbocycles. The van der Waals surface area contributed by atoms with E-state index in [1.165, 1.54) is 0 Å². The predicted octanol–water partition coefficient (Wildman–Crippen LogP) is 5.45. The maximum atomic E-state index is 12.5.